The third-order valence-electron chi connectivity index (χ3n) is 2.72. The number of nitrogens with zero attached hydrogens (tertiary/aromatic N) is 3. The van der Waals surface area contributed by atoms with Crippen molar-refractivity contribution in [3.8, 4) is 5.82 Å². The quantitative estimate of drug-likeness (QED) is 0.634. The summed E-state index contributed by atoms with van der Waals surface area (Å²) in [5, 5.41) is 7.63. The number of aryl methyl sites for hydroxylation is 2. The van der Waals surface area contributed by atoms with Gasteiger partial charge in [-0.1, -0.05) is 6.92 Å². The summed E-state index contributed by atoms with van der Waals surface area (Å²) in [7, 11) is 0. The molecule has 0 atom stereocenters. The van der Waals surface area contributed by atoms with E-state index in [0.717, 1.165) is 24.4 Å². The minimum atomic E-state index is 0.0219. The molecule has 3 N–H and O–H groups in total. The highest BCUT2D eigenvalue weighted by molar-refractivity contribution is 5.97. The van der Waals surface area contributed by atoms with Crippen LogP contribution in [0.2, 0.25) is 0 Å². The number of hydrogen-bond acceptors (Lipinski definition) is 3. The number of nitrogens with one attached hydrogen (secondary N) is 1. The number of pyridine rings is 1. The first-order valence-electron chi connectivity index (χ1n) is 5.98. The molecule has 0 saturated carbocycles. The summed E-state index contributed by atoms with van der Waals surface area (Å²) in [6.07, 6.45) is 5.50. The molecule has 5 nitrogen and oxygen atoms in total. The molecule has 0 spiro atoms. The molecule has 0 aliphatic heterocycles. The second-order valence-electron chi connectivity index (χ2n) is 4.20. The summed E-state index contributed by atoms with van der Waals surface area (Å²) in [6.45, 7) is 4.03. The molecule has 0 aliphatic rings. The maximum atomic E-state index is 7.63. The fourth-order valence-electron chi connectivity index (χ4n) is 1.87. The van der Waals surface area contributed by atoms with Crippen LogP contribution in [0.25, 0.3) is 5.82 Å². The van der Waals surface area contributed by atoms with Crippen molar-refractivity contribution < 1.29 is 0 Å². The van der Waals surface area contributed by atoms with Crippen molar-refractivity contribution in [1.29, 1.82) is 5.41 Å². The third-order valence-corrected chi connectivity index (χ3v) is 2.72. The van der Waals surface area contributed by atoms with Crippen molar-refractivity contribution in [2.75, 3.05) is 0 Å². The molecular weight excluding hydrogens is 226 g/mol. The summed E-state index contributed by atoms with van der Waals surface area (Å²) in [5.74, 6) is 1.65. The van der Waals surface area contributed by atoms with Crippen molar-refractivity contribution in [1.82, 2.24) is 14.5 Å². The van der Waals surface area contributed by atoms with Crippen LogP contribution in [0.4, 0.5) is 0 Å². The van der Waals surface area contributed by atoms with Crippen molar-refractivity contribution in [3.05, 3.63) is 41.6 Å². The molecular formula is C13H17N5. The van der Waals surface area contributed by atoms with E-state index >= 15 is 0 Å². The van der Waals surface area contributed by atoms with Crippen LogP contribution in [0.5, 0.6) is 0 Å². The summed E-state index contributed by atoms with van der Waals surface area (Å²) < 4.78 is 1.91. The lowest BCUT2D eigenvalue weighted by Crippen LogP contribution is -2.17. The molecule has 0 radical (unpaired) electrons. The van der Waals surface area contributed by atoms with Gasteiger partial charge in [0.2, 0.25) is 0 Å². The van der Waals surface area contributed by atoms with Gasteiger partial charge in [0.15, 0.2) is 0 Å². The summed E-state index contributed by atoms with van der Waals surface area (Å²) in [5.41, 5.74) is 7.13. The molecule has 5 heteroatoms. The van der Waals surface area contributed by atoms with Crippen molar-refractivity contribution >= 4 is 5.84 Å². The smallest absolute Gasteiger partial charge is 0.149 e. The Morgan fingerprint density at radius 2 is 2.22 bits per heavy atom. The molecule has 0 bridgehead atoms. The first-order chi connectivity index (χ1) is 8.63. The van der Waals surface area contributed by atoms with Gasteiger partial charge >= 0.3 is 0 Å². The van der Waals surface area contributed by atoms with Crippen LogP contribution in [0.3, 0.4) is 0 Å². The molecule has 2 rings (SSSR count). The van der Waals surface area contributed by atoms with Crippen molar-refractivity contribution in [3.63, 3.8) is 0 Å². The van der Waals surface area contributed by atoms with Gasteiger partial charge in [0.25, 0.3) is 0 Å². The van der Waals surface area contributed by atoms with Gasteiger partial charge in [-0.2, -0.15) is 0 Å². The molecule has 18 heavy (non-hydrogen) atoms. The van der Waals surface area contributed by atoms with Crippen molar-refractivity contribution in [2.45, 2.75) is 26.7 Å². The van der Waals surface area contributed by atoms with Crippen LogP contribution < -0.4 is 5.73 Å². The van der Waals surface area contributed by atoms with Crippen LogP contribution in [0.15, 0.2) is 24.5 Å². The van der Waals surface area contributed by atoms with E-state index in [9.17, 15) is 0 Å². The van der Waals surface area contributed by atoms with Gasteiger partial charge in [-0.15, -0.1) is 0 Å². The summed E-state index contributed by atoms with van der Waals surface area (Å²) >= 11 is 0. The molecule has 0 fully saturated rings. The van der Waals surface area contributed by atoms with E-state index < -0.39 is 0 Å². The molecule has 2 heterocycles. The molecule has 0 saturated heterocycles. The number of nitrogen functional groups attached to an aromatic ring is 1. The summed E-state index contributed by atoms with van der Waals surface area (Å²) in [4.78, 5) is 8.81. The number of aromatic nitrogens is 3. The number of imidazole rings is 1. The topological polar surface area (TPSA) is 80.6 Å². The Balaban J connectivity index is 2.58. The third kappa shape index (κ3) is 2.25. The lowest BCUT2D eigenvalue weighted by atomic mass is 10.2. The minimum absolute atomic E-state index is 0.0219. The van der Waals surface area contributed by atoms with Crippen molar-refractivity contribution in [2.24, 2.45) is 5.73 Å². The zero-order valence-electron chi connectivity index (χ0n) is 10.6. The molecule has 94 valence electrons. The first kappa shape index (κ1) is 12.3. The van der Waals surface area contributed by atoms with Gasteiger partial charge in [0, 0.05) is 24.5 Å². The van der Waals surface area contributed by atoms with E-state index in [0.29, 0.717) is 11.4 Å². The Morgan fingerprint density at radius 1 is 1.44 bits per heavy atom. The fourth-order valence-corrected chi connectivity index (χ4v) is 1.87. The van der Waals surface area contributed by atoms with Crippen LogP contribution in [-0.2, 0) is 6.42 Å². The predicted octanol–water partition coefficient (Wildman–Crippen LogP) is 1.81. The van der Waals surface area contributed by atoms with E-state index in [1.807, 2.05) is 29.8 Å². The number of rotatable bonds is 4. The van der Waals surface area contributed by atoms with Gasteiger partial charge in [0.1, 0.15) is 17.5 Å². The fraction of sp³-hybridized carbons (Fsp3) is 0.308. The standard InChI is InChI=1S/C13H17N5/c1-3-4-11-16-7-8-18(11)13-10(12(14)15)6-5-9(2)17-13/h5-8H,3-4H2,1-2H3,(H3,14,15). The van der Waals surface area contributed by atoms with E-state index in [1.54, 1.807) is 6.20 Å². The van der Waals surface area contributed by atoms with Gasteiger partial charge in [-0.05, 0) is 25.5 Å². The second-order valence-corrected chi connectivity index (χ2v) is 4.20. The maximum absolute atomic E-state index is 7.63. The van der Waals surface area contributed by atoms with Crippen LogP contribution >= 0.6 is 0 Å². The molecule has 2 aromatic heterocycles. The predicted molar refractivity (Wildman–Crippen MR) is 71.1 cm³/mol. The first-order valence-corrected chi connectivity index (χ1v) is 5.98. The van der Waals surface area contributed by atoms with Gasteiger partial charge in [-0.3, -0.25) is 9.98 Å². The zero-order valence-corrected chi connectivity index (χ0v) is 10.6. The highest BCUT2D eigenvalue weighted by atomic mass is 15.1. The largest absolute Gasteiger partial charge is 0.384 e. The normalized spacial score (nSPS) is 10.6. The average molecular weight is 243 g/mol. The Hall–Kier alpha value is -2.17. The Labute approximate surface area is 106 Å². The molecule has 0 amide bonds. The summed E-state index contributed by atoms with van der Waals surface area (Å²) in [6, 6.07) is 3.69. The average Bonchev–Trinajstić information content (AvgIpc) is 2.77. The lowest BCUT2D eigenvalue weighted by Gasteiger charge is -2.11. The molecule has 0 aromatic carbocycles. The highest BCUT2D eigenvalue weighted by Gasteiger charge is 2.12. The van der Waals surface area contributed by atoms with Crippen LogP contribution in [0, 0.1) is 12.3 Å². The molecule has 0 aliphatic carbocycles. The van der Waals surface area contributed by atoms with E-state index in [1.165, 1.54) is 0 Å². The van der Waals surface area contributed by atoms with Gasteiger partial charge in [0.05, 0.1) is 5.56 Å². The van der Waals surface area contributed by atoms with Gasteiger partial charge in [-0.25, -0.2) is 9.97 Å². The van der Waals surface area contributed by atoms with E-state index in [-0.39, 0.29) is 5.84 Å². The van der Waals surface area contributed by atoms with Crippen LogP contribution in [-0.4, -0.2) is 20.4 Å². The SMILES string of the molecule is CCCc1nccn1-c1nc(C)ccc1C(=N)N. The van der Waals surface area contributed by atoms with Gasteiger partial charge < -0.3 is 5.73 Å². The minimum Gasteiger partial charge on any atom is -0.384 e. The zero-order chi connectivity index (χ0) is 13.1. The van der Waals surface area contributed by atoms with E-state index in [4.69, 9.17) is 11.1 Å². The Bertz CT molecular complexity index is 571. The highest BCUT2D eigenvalue weighted by Crippen LogP contribution is 2.15. The number of hydrogen-bond donors (Lipinski definition) is 2. The monoisotopic (exact) mass is 243 g/mol. The number of nitrogens with two attached hydrogens (primary N) is 1. The van der Waals surface area contributed by atoms with Crippen LogP contribution in [0.1, 0.15) is 30.4 Å². The molecule has 0 unspecified atom stereocenters. The Morgan fingerprint density at radius 3 is 2.89 bits per heavy atom. The Kier molecular flexibility index (Phi) is 3.41. The maximum Gasteiger partial charge on any atom is 0.149 e. The molecule has 2 aromatic rings. The lowest BCUT2D eigenvalue weighted by molar-refractivity contribution is 0.795. The number of amidine groups is 1. The van der Waals surface area contributed by atoms with E-state index in [2.05, 4.69) is 16.9 Å². The second kappa shape index (κ2) is 5.00.